The minimum atomic E-state index is 0.233. The number of benzene rings is 2. The van der Waals surface area contributed by atoms with Crippen molar-refractivity contribution in [1.29, 1.82) is 0 Å². The molecule has 2 rings (SSSR count). The molecular formula is C12H3Cl7. The Labute approximate surface area is 145 Å². The van der Waals surface area contributed by atoms with Crippen molar-refractivity contribution in [3.63, 3.8) is 0 Å². The van der Waals surface area contributed by atoms with Crippen LogP contribution in [0.15, 0.2) is 18.2 Å². The van der Waals surface area contributed by atoms with E-state index >= 15 is 0 Å². The average molecular weight is 395 g/mol. The van der Waals surface area contributed by atoms with Gasteiger partial charge in [-0.05, 0) is 18.2 Å². The van der Waals surface area contributed by atoms with Crippen molar-refractivity contribution in [1.82, 2.24) is 0 Å². The number of hydrogen-bond donors (Lipinski definition) is 0. The molecule has 0 nitrogen and oxygen atoms in total. The highest BCUT2D eigenvalue weighted by Gasteiger charge is 2.19. The van der Waals surface area contributed by atoms with E-state index in [1.54, 1.807) is 6.07 Å². The summed E-state index contributed by atoms with van der Waals surface area (Å²) >= 11 is 42.4. The molecule has 0 aliphatic heterocycles. The molecule has 0 heterocycles. The van der Waals surface area contributed by atoms with E-state index in [0.29, 0.717) is 16.1 Å². The maximum Gasteiger partial charge on any atom is 0.0687 e. The van der Waals surface area contributed by atoms with Gasteiger partial charge < -0.3 is 0 Å². The van der Waals surface area contributed by atoms with Gasteiger partial charge in [0.1, 0.15) is 0 Å². The molecule has 0 saturated carbocycles. The predicted molar refractivity (Wildman–Crippen MR) is 86.9 cm³/mol. The number of rotatable bonds is 1. The Morgan fingerprint density at radius 1 is 0.526 bits per heavy atom. The third kappa shape index (κ3) is 3.06. The highest BCUT2D eigenvalue weighted by Crippen LogP contribution is 2.47. The molecule has 19 heavy (non-hydrogen) atoms. The molecule has 0 fully saturated rings. The van der Waals surface area contributed by atoms with Gasteiger partial charge in [-0.3, -0.25) is 0 Å². The first-order valence-corrected chi connectivity index (χ1v) is 7.45. The molecule has 0 N–H and O–H groups in total. The van der Waals surface area contributed by atoms with Gasteiger partial charge in [0.05, 0.1) is 30.1 Å². The van der Waals surface area contributed by atoms with E-state index in [9.17, 15) is 0 Å². The minimum absolute atomic E-state index is 0.233. The fraction of sp³-hybridized carbons (Fsp3) is 0. The van der Waals surface area contributed by atoms with Crippen LogP contribution in [0.5, 0.6) is 0 Å². The Morgan fingerprint density at radius 2 is 1.00 bits per heavy atom. The van der Waals surface area contributed by atoms with Crippen molar-refractivity contribution in [2.24, 2.45) is 0 Å². The lowest BCUT2D eigenvalue weighted by molar-refractivity contribution is 1.61. The molecule has 0 aliphatic rings. The molecular weight excluding hydrogens is 392 g/mol. The fourth-order valence-corrected chi connectivity index (χ4v) is 3.26. The summed E-state index contributed by atoms with van der Waals surface area (Å²) in [6, 6.07) is 4.57. The van der Waals surface area contributed by atoms with Gasteiger partial charge in [-0.25, -0.2) is 0 Å². The fourth-order valence-electron chi connectivity index (χ4n) is 1.55. The van der Waals surface area contributed by atoms with Crippen LogP contribution in [0, 0.1) is 0 Å². The third-order valence-electron chi connectivity index (χ3n) is 2.37. The maximum absolute atomic E-state index is 6.16. The van der Waals surface area contributed by atoms with Crippen molar-refractivity contribution in [2.45, 2.75) is 0 Å². The van der Waals surface area contributed by atoms with Gasteiger partial charge in [-0.2, -0.15) is 0 Å². The first-order chi connectivity index (χ1) is 8.82. The molecule has 100 valence electrons. The van der Waals surface area contributed by atoms with E-state index in [0.717, 1.165) is 0 Å². The average Bonchev–Trinajstić information content (AvgIpc) is 2.33. The Morgan fingerprint density at radius 3 is 1.53 bits per heavy atom. The Kier molecular flexibility index (Phi) is 5.07. The Bertz CT molecular complexity index is 638. The largest absolute Gasteiger partial charge is 0.0843 e. The summed E-state index contributed by atoms with van der Waals surface area (Å²) in [6.45, 7) is 0. The van der Waals surface area contributed by atoms with Gasteiger partial charge >= 0.3 is 0 Å². The summed E-state index contributed by atoms with van der Waals surface area (Å²) in [5.41, 5.74) is 0.869. The quantitative estimate of drug-likeness (QED) is 0.430. The molecule has 7 heteroatoms. The second-order valence-electron chi connectivity index (χ2n) is 3.59. The van der Waals surface area contributed by atoms with Gasteiger partial charge in [0.15, 0.2) is 0 Å². The van der Waals surface area contributed by atoms with Gasteiger partial charge in [0, 0.05) is 16.1 Å². The van der Waals surface area contributed by atoms with E-state index in [-0.39, 0.29) is 30.1 Å². The normalized spacial score (nSPS) is 10.9. The van der Waals surface area contributed by atoms with Crippen LogP contribution in [0.1, 0.15) is 0 Å². The molecule has 0 spiro atoms. The van der Waals surface area contributed by atoms with E-state index in [1.165, 1.54) is 12.1 Å². The Balaban J connectivity index is 2.87. The van der Waals surface area contributed by atoms with Gasteiger partial charge in [0.2, 0.25) is 0 Å². The van der Waals surface area contributed by atoms with Crippen LogP contribution in [-0.4, -0.2) is 0 Å². The molecule has 2 aromatic carbocycles. The molecule has 0 aromatic heterocycles. The smallest absolute Gasteiger partial charge is 0.0687 e. The van der Waals surface area contributed by atoms with Gasteiger partial charge in [-0.1, -0.05) is 81.2 Å². The first-order valence-electron chi connectivity index (χ1n) is 4.80. The number of halogens is 7. The van der Waals surface area contributed by atoms with Crippen LogP contribution in [0.25, 0.3) is 11.1 Å². The molecule has 0 aliphatic carbocycles. The summed E-state index contributed by atoms with van der Waals surface area (Å²) in [6.07, 6.45) is 0. The molecule has 0 atom stereocenters. The van der Waals surface area contributed by atoms with Crippen molar-refractivity contribution in [3.05, 3.63) is 53.4 Å². The monoisotopic (exact) mass is 392 g/mol. The summed E-state index contributed by atoms with van der Waals surface area (Å²) in [7, 11) is 0. The molecule has 0 unspecified atom stereocenters. The van der Waals surface area contributed by atoms with Crippen LogP contribution >= 0.6 is 81.2 Å². The second kappa shape index (κ2) is 6.07. The second-order valence-corrected chi connectivity index (χ2v) is 6.38. The van der Waals surface area contributed by atoms with Crippen LogP contribution < -0.4 is 0 Å². The zero-order chi connectivity index (χ0) is 14.3. The lowest BCUT2D eigenvalue weighted by Crippen LogP contribution is -1.87. The van der Waals surface area contributed by atoms with Crippen LogP contribution in [0.3, 0.4) is 0 Å². The van der Waals surface area contributed by atoms with Gasteiger partial charge in [-0.15, -0.1) is 0 Å². The maximum atomic E-state index is 6.16. The lowest BCUT2D eigenvalue weighted by Gasteiger charge is -2.13. The highest BCUT2D eigenvalue weighted by atomic mass is 35.5. The van der Waals surface area contributed by atoms with E-state index in [2.05, 4.69) is 0 Å². The standard InChI is InChI=1S/C12H3Cl7/c13-4-1-5(10(17)6(14)2-4)9-11(18)7(15)3-8(16)12(9)19/h1-3H. The zero-order valence-corrected chi connectivity index (χ0v) is 14.2. The summed E-state index contributed by atoms with van der Waals surface area (Å²) in [5.74, 6) is 0. The van der Waals surface area contributed by atoms with Crippen molar-refractivity contribution in [2.75, 3.05) is 0 Å². The third-order valence-corrected chi connectivity index (χ3v) is 4.97. The van der Waals surface area contributed by atoms with E-state index in [4.69, 9.17) is 81.2 Å². The van der Waals surface area contributed by atoms with Gasteiger partial charge in [0.25, 0.3) is 0 Å². The summed E-state index contributed by atoms with van der Waals surface area (Å²) in [4.78, 5) is 0. The molecule has 0 bridgehead atoms. The summed E-state index contributed by atoms with van der Waals surface area (Å²) < 4.78 is 0. The van der Waals surface area contributed by atoms with Crippen LogP contribution in [0.2, 0.25) is 35.2 Å². The SMILES string of the molecule is Clc1cc(Cl)c(Cl)c(-c2c(Cl)c(Cl)cc(Cl)c2Cl)c1. The predicted octanol–water partition coefficient (Wildman–Crippen LogP) is 7.93. The number of hydrogen-bond acceptors (Lipinski definition) is 0. The van der Waals surface area contributed by atoms with Crippen LogP contribution in [-0.2, 0) is 0 Å². The first kappa shape index (κ1) is 15.9. The van der Waals surface area contributed by atoms with Crippen LogP contribution in [0.4, 0.5) is 0 Å². The lowest BCUT2D eigenvalue weighted by atomic mass is 10.1. The molecule has 0 amide bonds. The minimum Gasteiger partial charge on any atom is -0.0843 e. The Hall–Kier alpha value is 0.470. The summed E-state index contributed by atoms with van der Waals surface area (Å²) in [5, 5.41) is 1.94. The molecule has 0 saturated heterocycles. The molecule has 2 aromatic rings. The van der Waals surface area contributed by atoms with Crippen molar-refractivity contribution in [3.8, 4) is 11.1 Å². The zero-order valence-electron chi connectivity index (χ0n) is 8.88. The van der Waals surface area contributed by atoms with E-state index < -0.39 is 0 Å². The van der Waals surface area contributed by atoms with Crippen molar-refractivity contribution >= 4 is 81.2 Å². The van der Waals surface area contributed by atoms with E-state index in [1.807, 2.05) is 0 Å². The van der Waals surface area contributed by atoms with Crippen molar-refractivity contribution < 1.29 is 0 Å². The highest BCUT2D eigenvalue weighted by molar-refractivity contribution is 6.51. The molecule has 0 radical (unpaired) electrons. The topological polar surface area (TPSA) is 0 Å².